The summed E-state index contributed by atoms with van der Waals surface area (Å²) in [5, 5.41) is -0.760. The highest BCUT2D eigenvalue weighted by Crippen LogP contribution is 2.33. The quantitative estimate of drug-likeness (QED) is 0.282. The zero-order valence-electron chi connectivity index (χ0n) is 18.3. The van der Waals surface area contributed by atoms with Crippen molar-refractivity contribution in [2.24, 2.45) is 0 Å². The second-order valence-electron chi connectivity index (χ2n) is 7.83. The molecule has 1 fully saturated rings. The molecule has 0 spiro atoms. The Hall–Kier alpha value is -3.14. The van der Waals surface area contributed by atoms with E-state index in [9.17, 15) is 22.4 Å². The van der Waals surface area contributed by atoms with E-state index < -0.39 is 17.1 Å². The van der Waals surface area contributed by atoms with Crippen LogP contribution in [0.2, 0.25) is 0 Å². The molecule has 1 aliphatic heterocycles. The van der Waals surface area contributed by atoms with Gasteiger partial charge in [0.05, 0.1) is 10.9 Å². The number of hydrogen-bond donors (Lipinski definition) is 0. The van der Waals surface area contributed by atoms with E-state index in [0.717, 1.165) is 23.5 Å². The Labute approximate surface area is 198 Å². The highest BCUT2D eigenvalue weighted by molar-refractivity contribution is 8.00. The van der Waals surface area contributed by atoms with Crippen molar-refractivity contribution in [2.45, 2.75) is 23.5 Å². The topological polar surface area (TPSA) is 49.3 Å². The number of rotatable bonds is 5. The lowest BCUT2D eigenvalue weighted by Gasteiger charge is -2.37. The van der Waals surface area contributed by atoms with Crippen molar-refractivity contribution in [1.29, 1.82) is 0 Å². The van der Waals surface area contributed by atoms with E-state index in [-0.39, 0.29) is 22.6 Å². The van der Waals surface area contributed by atoms with Gasteiger partial charge in [-0.25, -0.2) is 14.4 Å². The summed E-state index contributed by atoms with van der Waals surface area (Å²) in [6.07, 6.45) is -4.63. The van der Waals surface area contributed by atoms with Crippen molar-refractivity contribution in [3.8, 4) is 11.3 Å². The van der Waals surface area contributed by atoms with Gasteiger partial charge < -0.3 is 9.80 Å². The van der Waals surface area contributed by atoms with E-state index in [4.69, 9.17) is 0 Å². The fourth-order valence-corrected chi connectivity index (χ4v) is 4.55. The maximum atomic E-state index is 13.4. The minimum Gasteiger partial charge on any atom is -0.368 e. The first-order valence-electron chi connectivity index (χ1n) is 10.7. The van der Waals surface area contributed by atoms with Gasteiger partial charge in [-0.05, 0) is 37.3 Å². The van der Waals surface area contributed by atoms with E-state index >= 15 is 0 Å². The van der Waals surface area contributed by atoms with Crippen molar-refractivity contribution in [3.63, 3.8) is 0 Å². The lowest BCUT2D eigenvalue weighted by atomic mass is 10.1. The third-order valence-electron chi connectivity index (χ3n) is 5.48. The predicted molar refractivity (Wildman–Crippen MR) is 123 cm³/mol. The first kappa shape index (κ1) is 24.0. The van der Waals surface area contributed by atoms with E-state index in [1.807, 2.05) is 0 Å². The van der Waals surface area contributed by atoms with Gasteiger partial charge in [-0.15, -0.1) is 0 Å². The highest BCUT2D eigenvalue weighted by Gasteiger charge is 2.34. The number of carbonyl (C=O) groups excluding carboxylic acids is 1. The fourth-order valence-electron chi connectivity index (χ4n) is 3.68. The number of alkyl halides is 3. The number of benzene rings is 2. The standard InChI is InChI=1S/C24H22F4N4OS/c1-16(22(33)32-13-11-31(12-14-32)19-9-7-18(25)8-10-19)34-23-29-20(17-5-3-2-4-6-17)15-21(30-23)24(26,27)28/h2-10,15-16H,11-14H2,1H3/t16-/m1/s1. The summed E-state index contributed by atoms with van der Waals surface area (Å²) in [4.78, 5) is 24.7. The molecule has 1 saturated heterocycles. The zero-order valence-corrected chi connectivity index (χ0v) is 19.1. The molecule has 1 amide bonds. The van der Waals surface area contributed by atoms with Crippen molar-refractivity contribution < 1.29 is 22.4 Å². The number of piperazine rings is 1. The summed E-state index contributed by atoms with van der Waals surface area (Å²) in [5.74, 6) is -0.498. The number of aromatic nitrogens is 2. The molecule has 178 valence electrons. The first-order valence-corrected chi connectivity index (χ1v) is 11.6. The van der Waals surface area contributed by atoms with Gasteiger partial charge in [0, 0.05) is 37.4 Å². The van der Waals surface area contributed by atoms with Crippen LogP contribution in [0.5, 0.6) is 0 Å². The average Bonchev–Trinajstić information content (AvgIpc) is 2.84. The fraction of sp³-hybridized carbons (Fsp3) is 0.292. The molecule has 0 N–H and O–H groups in total. The largest absolute Gasteiger partial charge is 0.433 e. The van der Waals surface area contributed by atoms with Crippen LogP contribution < -0.4 is 4.90 Å². The maximum Gasteiger partial charge on any atom is 0.433 e. The summed E-state index contributed by atoms with van der Waals surface area (Å²) >= 11 is 0.915. The SMILES string of the molecule is C[C@@H](Sc1nc(-c2ccccc2)cc(C(F)(F)F)n1)C(=O)N1CCN(c2ccc(F)cc2)CC1. The van der Waals surface area contributed by atoms with Crippen molar-refractivity contribution in [1.82, 2.24) is 14.9 Å². The lowest BCUT2D eigenvalue weighted by molar-refractivity contribution is -0.141. The monoisotopic (exact) mass is 490 g/mol. The smallest absolute Gasteiger partial charge is 0.368 e. The third kappa shape index (κ3) is 5.67. The number of hydrogen-bond acceptors (Lipinski definition) is 5. The molecule has 2 aromatic carbocycles. The Bertz CT molecular complexity index is 1130. The predicted octanol–water partition coefficient (Wildman–Crippen LogP) is 5.13. The van der Waals surface area contributed by atoms with Crippen LogP contribution in [-0.4, -0.2) is 52.2 Å². The summed E-state index contributed by atoms with van der Waals surface area (Å²) in [6.45, 7) is 3.71. The molecule has 0 unspecified atom stereocenters. The van der Waals surface area contributed by atoms with Crippen LogP contribution >= 0.6 is 11.8 Å². The lowest BCUT2D eigenvalue weighted by Crippen LogP contribution is -2.50. The van der Waals surface area contributed by atoms with Crippen LogP contribution in [0.3, 0.4) is 0 Å². The number of halogens is 4. The summed E-state index contributed by atoms with van der Waals surface area (Å²) < 4.78 is 53.5. The van der Waals surface area contributed by atoms with Gasteiger partial charge in [0.25, 0.3) is 0 Å². The van der Waals surface area contributed by atoms with E-state index in [1.54, 1.807) is 54.3 Å². The van der Waals surface area contributed by atoms with Crippen molar-refractivity contribution >= 4 is 23.4 Å². The molecule has 3 aromatic rings. The molecule has 0 saturated carbocycles. The van der Waals surface area contributed by atoms with Crippen LogP contribution in [0, 0.1) is 5.82 Å². The molecule has 10 heteroatoms. The molecule has 0 aliphatic carbocycles. The van der Waals surface area contributed by atoms with Crippen molar-refractivity contribution in [2.75, 3.05) is 31.1 Å². The van der Waals surface area contributed by atoms with Gasteiger partial charge in [-0.2, -0.15) is 13.2 Å². The zero-order chi connectivity index (χ0) is 24.3. The molecular formula is C24H22F4N4OS. The molecule has 2 heterocycles. The van der Waals surface area contributed by atoms with Crippen LogP contribution in [0.4, 0.5) is 23.2 Å². The molecule has 34 heavy (non-hydrogen) atoms. The van der Waals surface area contributed by atoms with Crippen molar-refractivity contribution in [3.05, 3.63) is 72.2 Å². The Morgan fingerprint density at radius 2 is 1.62 bits per heavy atom. The second kappa shape index (κ2) is 10.0. The molecule has 0 bridgehead atoms. The third-order valence-corrected chi connectivity index (χ3v) is 6.43. The molecule has 1 atom stereocenters. The number of carbonyl (C=O) groups is 1. The van der Waals surface area contributed by atoms with Gasteiger partial charge in [-0.1, -0.05) is 42.1 Å². The summed E-state index contributed by atoms with van der Waals surface area (Å²) in [5.41, 5.74) is 0.518. The van der Waals surface area contributed by atoms with E-state index in [1.165, 1.54) is 12.1 Å². The van der Waals surface area contributed by atoms with Gasteiger partial charge in [-0.3, -0.25) is 4.79 Å². The minimum atomic E-state index is -4.63. The Morgan fingerprint density at radius 3 is 2.24 bits per heavy atom. The molecule has 4 rings (SSSR count). The Morgan fingerprint density at radius 1 is 0.971 bits per heavy atom. The second-order valence-corrected chi connectivity index (χ2v) is 9.14. The maximum absolute atomic E-state index is 13.4. The normalized spacial score (nSPS) is 15.3. The van der Waals surface area contributed by atoms with Gasteiger partial charge >= 0.3 is 6.18 Å². The van der Waals surface area contributed by atoms with Gasteiger partial charge in [0.15, 0.2) is 5.16 Å². The van der Waals surface area contributed by atoms with E-state index in [0.29, 0.717) is 31.7 Å². The summed E-state index contributed by atoms with van der Waals surface area (Å²) in [6, 6.07) is 15.6. The molecular weight excluding hydrogens is 468 g/mol. The Kier molecular flexibility index (Phi) is 7.06. The molecule has 0 radical (unpaired) electrons. The number of thioether (sulfide) groups is 1. The number of anilines is 1. The molecule has 1 aromatic heterocycles. The Balaban J connectivity index is 1.45. The van der Waals surface area contributed by atoms with E-state index in [2.05, 4.69) is 14.9 Å². The molecule has 5 nitrogen and oxygen atoms in total. The van der Waals surface area contributed by atoms with Crippen LogP contribution in [0.25, 0.3) is 11.3 Å². The van der Waals surface area contributed by atoms with Gasteiger partial charge in [0.2, 0.25) is 5.91 Å². The highest BCUT2D eigenvalue weighted by atomic mass is 32.2. The number of nitrogens with zero attached hydrogens (tertiary/aromatic N) is 4. The summed E-state index contributed by atoms with van der Waals surface area (Å²) in [7, 11) is 0. The average molecular weight is 491 g/mol. The van der Waals surface area contributed by atoms with Crippen LogP contribution in [0.1, 0.15) is 12.6 Å². The number of amides is 1. The van der Waals surface area contributed by atoms with Crippen LogP contribution in [-0.2, 0) is 11.0 Å². The van der Waals surface area contributed by atoms with Crippen LogP contribution in [0.15, 0.2) is 65.8 Å². The minimum absolute atomic E-state index is 0.0977. The molecule has 1 aliphatic rings. The first-order chi connectivity index (χ1) is 16.2. The van der Waals surface area contributed by atoms with Gasteiger partial charge in [0.1, 0.15) is 11.5 Å².